The van der Waals surface area contributed by atoms with Crippen molar-refractivity contribution in [1.82, 2.24) is 4.98 Å². The van der Waals surface area contributed by atoms with Gasteiger partial charge in [-0.05, 0) is 61.1 Å². The molecule has 1 heterocycles. The maximum absolute atomic E-state index is 13.0. The van der Waals surface area contributed by atoms with Crippen molar-refractivity contribution in [2.45, 2.75) is 26.4 Å². The summed E-state index contributed by atoms with van der Waals surface area (Å²) in [6.45, 7) is 5.42. The zero-order chi connectivity index (χ0) is 14.9. The SMILES string of the molecule is CC(C)(C)OC(=O)c1nc(I)sc1-c1ccc(F)cc1. The Kier molecular flexibility index (Phi) is 4.43. The predicted octanol–water partition coefficient (Wildman–Crippen LogP) is 4.51. The lowest BCUT2D eigenvalue weighted by molar-refractivity contribution is 0.00645. The zero-order valence-corrected chi connectivity index (χ0v) is 14.2. The second-order valence-corrected chi connectivity index (χ2v) is 7.91. The fraction of sp³-hybridized carbons (Fsp3) is 0.286. The van der Waals surface area contributed by atoms with Crippen molar-refractivity contribution >= 4 is 39.9 Å². The summed E-state index contributed by atoms with van der Waals surface area (Å²) < 4.78 is 19.1. The van der Waals surface area contributed by atoms with Crippen molar-refractivity contribution in [1.29, 1.82) is 0 Å². The van der Waals surface area contributed by atoms with Crippen molar-refractivity contribution in [2.24, 2.45) is 0 Å². The van der Waals surface area contributed by atoms with E-state index in [0.717, 1.165) is 8.58 Å². The molecule has 6 heteroatoms. The monoisotopic (exact) mass is 405 g/mol. The van der Waals surface area contributed by atoms with Crippen LogP contribution in [0.4, 0.5) is 4.39 Å². The summed E-state index contributed by atoms with van der Waals surface area (Å²) in [6.07, 6.45) is 0. The van der Waals surface area contributed by atoms with Crippen molar-refractivity contribution in [3.63, 3.8) is 0 Å². The number of esters is 1. The van der Waals surface area contributed by atoms with Crippen molar-refractivity contribution in [3.8, 4) is 10.4 Å². The minimum atomic E-state index is -0.577. The van der Waals surface area contributed by atoms with Crippen LogP contribution in [0.5, 0.6) is 0 Å². The molecule has 0 aliphatic heterocycles. The first kappa shape index (κ1) is 15.4. The number of thiazole rings is 1. The summed E-state index contributed by atoms with van der Waals surface area (Å²) in [5, 5.41) is 0. The highest BCUT2D eigenvalue weighted by Gasteiger charge is 2.24. The molecule has 0 atom stereocenters. The summed E-state index contributed by atoms with van der Waals surface area (Å²) in [5.74, 6) is -0.775. The second-order valence-electron chi connectivity index (χ2n) is 5.15. The van der Waals surface area contributed by atoms with E-state index < -0.39 is 11.6 Å². The van der Waals surface area contributed by atoms with Gasteiger partial charge < -0.3 is 4.74 Å². The van der Waals surface area contributed by atoms with Gasteiger partial charge in [0.2, 0.25) is 0 Å². The van der Waals surface area contributed by atoms with Gasteiger partial charge in [0.15, 0.2) is 8.71 Å². The molecule has 0 radical (unpaired) electrons. The van der Waals surface area contributed by atoms with Gasteiger partial charge in [-0.25, -0.2) is 14.2 Å². The summed E-state index contributed by atoms with van der Waals surface area (Å²) in [7, 11) is 0. The van der Waals surface area contributed by atoms with Gasteiger partial charge in [0.1, 0.15) is 11.4 Å². The molecule has 0 saturated heterocycles. The number of carbonyl (C=O) groups excluding carboxylic acids is 1. The molecule has 1 aromatic carbocycles. The van der Waals surface area contributed by atoms with Crippen molar-refractivity contribution in [3.05, 3.63) is 38.8 Å². The average Bonchev–Trinajstić information content (AvgIpc) is 2.70. The van der Waals surface area contributed by atoms with Crippen LogP contribution >= 0.6 is 33.9 Å². The predicted molar refractivity (Wildman–Crippen MR) is 85.4 cm³/mol. The number of hydrogen-bond acceptors (Lipinski definition) is 4. The number of rotatable bonds is 2. The first-order valence-electron chi connectivity index (χ1n) is 5.92. The third-order valence-electron chi connectivity index (χ3n) is 2.30. The highest BCUT2D eigenvalue weighted by molar-refractivity contribution is 14.1. The van der Waals surface area contributed by atoms with Crippen LogP contribution in [0.15, 0.2) is 24.3 Å². The van der Waals surface area contributed by atoms with Crippen LogP contribution in [0, 0.1) is 8.83 Å². The first-order chi connectivity index (χ1) is 9.26. The van der Waals surface area contributed by atoms with Gasteiger partial charge >= 0.3 is 5.97 Å². The van der Waals surface area contributed by atoms with E-state index in [1.165, 1.54) is 23.5 Å². The van der Waals surface area contributed by atoms with Gasteiger partial charge in [-0.1, -0.05) is 12.1 Å². The largest absolute Gasteiger partial charge is 0.455 e. The maximum Gasteiger partial charge on any atom is 0.359 e. The Bertz CT molecular complexity index is 632. The normalized spacial score (nSPS) is 11.4. The minimum Gasteiger partial charge on any atom is -0.455 e. The number of hydrogen-bond donors (Lipinski definition) is 0. The van der Waals surface area contributed by atoms with E-state index in [-0.39, 0.29) is 11.5 Å². The Balaban J connectivity index is 2.40. The van der Waals surface area contributed by atoms with Crippen LogP contribution in [-0.2, 0) is 4.74 Å². The highest BCUT2D eigenvalue weighted by Crippen LogP contribution is 2.32. The molecule has 0 N–H and O–H groups in total. The molecule has 0 bridgehead atoms. The summed E-state index contributed by atoms with van der Waals surface area (Å²) in [4.78, 5) is 17.1. The lowest BCUT2D eigenvalue weighted by atomic mass is 10.1. The number of carbonyl (C=O) groups is 1. The van der Waals surface area contributed by atoms with Crippen LogP contribution in [0.25, 0.3) is 10.4 Å². The van der Waals surface area contributed by atoms with Crippen LogP contribution in [-0.4, -0.2) is 16.6 Å². The molecule has 0 unspecified atom stereocenters. The number of nitrogens with zero attached hydrogens (tertiary/aromatic N) is 1. The molecule has 2 rings (SSSR count). The van der Waals surface area contributed by atoms with Crippen LogP contribution < -0.4 is 0 Å². The Hall–Kier alpha value is -1.02. The Morgan fingerprint density at radius 1 is 1.30 bits per heavy atom. The van der Waals surface area contributed by atoms with Crippen LogP contribution in [0.2, 0.25) is 0 Å². The first-order valence-corrected chi connectivity index (χ1v) is 7.81. The molecule has 0 aliphatic rings. The van der Waals surface area contributed by atoms with E-state index >= 15 is 0 Å². The van der Waals surface area contributed by atoms with E-state index in [1.54, 1.807) is 32.9 Å². The van der Waals surface area contributed by atoms with Gasteiger partial charge in [-0.3, -0.25) is 0 Å². The number of ether oxygens (including phenoxy) is 1. The molecule has 0 aliphatic carbocycles. The lowest BCUT2D eigenvalue weighted by Crippen LogP contribution is -2.24. The van der Waals surface area contributed by atoms with E-state index in [1.807, 2.05) is 0 Å². The number of halogens is 2. The Morgan fingerprint density at radius 3 is 2.45 bits per heavy atom. The highest BCUT2D eigenvalue weighted by atomic mass is 127. The molecular formula is C14H13FINO2S. The molecule has 2 aromatic rings. The van der Waals surface area contributed by atoms with E-state index in [0.29, 0.717) is 4.88 Å². The Labute approximate surface area is 134 Å². The molecule has 20 heavy (non-hydrogen) atoms. The fourth-order valence-corrected chi connectivity index (χ4v) is 3.24. The number of aromatic nitrogens is 1. The summed E-state index contributed by atoms with van der Waals surface area (Å²) in [5.41, 5.74) is 0.459. The molecule has 1 aromatic heterocycles. The van der Waals surface area contributed by atoms with Gasteiger partial charge in [0.05, 0.1) is 4.88 Å². The Morgan fingerprint density at radius 2 is 1.90 bits per heavy atom. The average molecular weight is 405 g/mol. The molecule has 0 amide bonds. The molecule has 0 spiro atoms. The van der Waals surface area contributed by atoms with Gasteiger partial charge in [-0.15, -0.1) is 11.3 Å². The lowest BCUT2D eigenvalue weighted by Gasteiger charge is -2.19. The standard InChI is InChI=1S/C14H13FINO2S/c1-14(2,3)19-12(18)10-11(20-13(16)17-10)8-4-6-9(15)7-5-8/h4-7H,1-3H3. The number of benzene rings is 1. The van der Waals surface area contributed by atoms with Crippen molar-refractivity contribution in [2.75, 3.05) is 0 Å². The quantitative estimate of drug-likeness (QED) is 0.545. The molecule has 106 valence electrons. The molecule has 0 fully saturated rings. The van der Waals surface area contributed by atoms with Crippen LogP contribution in [0.3, 0.4) is 0 Å². The van der Waals surface area contributed by atoms with Crippen LogP contribution in [0.1, 0.15) is 31.3 Å². The van der Waals surface area contributed by atoms with Gasteiger partial charge in [-0.2, -0.15) is 0 Å². The smallest absolute Gasteiger partial charge is 0.359 e. The third kappa shape index (κ3) is 3.76. The summed E-state index contributed by atoms with van der Waals surface area (Å²) in [6, 6.07) is 5.99. The fourth-order valence-electron chi connectivity index (χ4n) is 1.56. The molecule has 3 nitrogen and oxygen atoms in total. The van der Waals surface area contributed by atoms with E-state index in [9.17, 15) is 9.18 Å². The third-order valence-corrected chi connectivity index (χ3v) is 4.09. The second kappa shape index (κ2) is 5.77. The van der Waals surface area contributed by atoms with Gasteiger partial charge in [0.25, 0.3) is 0 Å². The maximum atomic E-state index is 13.0. The zero-order valence-electron chi connectivity index (χ0n) is 11.2. The van der Waals surface area contributed by atoms with E-state index in [4.69, 9.17) is 4.74 Å². The molecule has 0 saturated carbocycles. The van der Waals surface area contributed by atoms with Crippen molar-refractivity contribution < 1.29 is 13.9 Å². The van der Waals surface area contributed by atoms with Gasteiger partial charge in [0, 0.05) is 0 Å². The molecular weight excluding hydrogens is 392 g/mol. The van der Waals surface area contributed by atoms with E-state index in [2.05, 4.69) is 27.6 Å². The minimum absolute atomic E-state index is 0.279. The summed E-state index contributed by atoms with van der Waals surface area (Å²) >= 11 is 3.44. The topological polar surface area (TPSA) is 39.2 Å².